The number of hydrogen-bond acceptors (Lipinski definition) is 7. The molecular weight excluding hydrogens is 570 g/mol. The van der Waals surface area contributed by atoms with Gasteiger partial charge in [0.15, 0.2) is 0 Å². The molecule has 1 saturated carbocycles. The highest BCUT2D eigenvalue weighted by molar-refractivity contribution is 5.96. The van der Waals surface area contributed by atoms with Gasteiger partial charge in [0, 0.05) is 48.1 Å². The Labute approximate surface area is 263 Å². The number of aryl methyl sites for hydroxylation is 1. The summed E-state index contributed by atoms with van der Waals surface area (Å²) < 4.78 is 11.7. The fraction of sp³-hybridized carbons (Fsp3) is 0.417. The summed E-state index contributed by atoms with van der Waals surface area (Å²) in [6.45, 7) is 4.01. The minimum atomic E-state index is -1.18. The van der Waals surface area contributed by atoms with Crippen LogP contribution in [-0.2, 0) is 23.9 Å². The number of hydrogen-bond donors (Lipinski definition) is 1. The monoisotopic (exact) mass is 609 g/mol. The minimum absolute atomic E-state index is 0.0894. The number of ketones is 1. The van der Waals surface area contributed by atoms with Crippen LogP contribution in [-0.4, -0.2) is 64.8 Å². The maximum atomic E-state index is 13.9. The van der Waals surface area contributed by atoms with Crippen LogP contribution < -0.4 is 10.1 Å². The fourth-order valence-corrected chi connectivity index (χ4v) is 6.56. The Bertz CT molecular complexity index is 1670. The first-order valence-corrected chi connectivity index (χ1v) is 15.7. The third kappa shape index (κ3) is 6.21. The Morgan fingerprint density at radius 3 is 2.64 bits per heavy atom. The van der Waals surface area contributed by atoms with Crippen molar-refractivity contribution in [2.75, 3.05) is 13.7 Å². The highest BCUT2D eigenvalue weighted by Crippen LogP contribution is 2.46. The van der Waals surface area contributed by atoms with E-state index >= 15 is 0 Å². The predicted molar refractivity (Wildman–Crippen MR) is 169 cm³/mol. The smallest absolute Gasteiger partial charge is 0.332 e. The van der Waals surface area contributed by atoms with Gasteiger partial charge in [-0.25, -0.2) is 9.78 Å². The molecule has 2 aliphatic heterocycles. The van der Waals surface area contributed by atoms with E-state index in [2.05, 4.69) is 5.32 Å². The zero-order valence-corrected chi connectivity index (χ0v) is 26.0. The lowest BCUT2D eigenvalue weighted by Gasteiger charge is -2.28. The summed E-state index contributed by atoms with van der Waals surface area (Å²) in [7, 11) is 1.30. The van der Waals surface area contributed by atoms with Crippen molar-refractivity contribution in [1.82, 2.24) is 15.2 Å². The number of carbonyl (C=O) groups excluding carboxylic acids is 4. The number of allylic oxidation sites excluding steroid dienone is 1. The molecule has 0 spiro atoms. The molecular formula is C36H39N3O6. The Morgan fingerprint density at radius 1 is 1.07 bits per heavy atom. The van der Waals surface area contributed by atoms with Gasteiger partial charge in [0.1, 0.15) is 29.2 Å². The van der Waals surface area contributed by atoms with Crippen molar-refractivity contribution in [1.29, 1.82) is 0 Å². The number of carbonyl (C=O) groups is 4. The van der Waals surface area contributed by atoms with Gasteiger partial charge in [-0.1, -0.05) is 55.5 Å². The first kappa shape index (κ1) is 30.5. The maximum absolute atomic E-state index is 13.9. The summed E-state index contributed by atoms with van der Waals surface area (Å²) in [5.41, 5.74) is 2.38. The van der Waals surface area contributed by atoms with E-state index in [4.69, 9.17) is 14.5 Å². The normalized spacial score (nSPS) is 27.9. The summed E-state index contributed by atoms with van der Waals surface area (Å²) in [5.74, 6) is -1.12. The van der Waals surface area contributed by atoms with Crippen LogP contribution in [0.2, 0.25) is 0 Å². The summed E-state index contributed by atoms with van der Waals surface area (Å²) in [6.07, 6.45) is 5.56. The first-order valence-electron chi connectivity index (χ1n) is 15.7. The van der Waals surface area contributed by atoms with Crippen molar-refractivity contribution in [3.05, 3.63) is 72.3 Å². The predicted octanol–water partition coefficient (Wildman–Crippen LogP) is 4.94. The van der Waals surface area contributed by atoms with Crippen molar-refractivity contribution in [2.45, 2.75) is 70.1 Å². The average molecular weight is 610 g/mol. The Balaban J connectivity index is 1.32. The molecule has 45 heavy (non-hydrogen) atoms. The van der Waals surface area contributed by atoms with Gasteiger partial charge in [-0.15, -0.1) is 0 Å². The minimum Gasteiger partial charge on any atom is -0.488 e. The van der Waals surface area contributed by atoms with Crippen molar-refractivity contribution < 1.29 is 28.7 Å². The number of ether oxygens (including phenoxy) is 2. The van der Waals surface area contributed by atoms with Crippen molar-refractivity contribution in [3.63, 3.8) is 0 Å². The van der Waals surface area contributed by atoms with Crippen molar-refractivity contribution in [3.8, 4) is 17.0 Å². The molecule has 0 bridgehead atoms. The van der Waals surface area contributed by atoms with Crippen LogP contribution >= 0.6 is 0 Å². The van der Waals surface area contributed by atoms with E-state index in [0.717, 1.165) is 27.7 Å². The topological polar surface area (TPSA) is 115 Å². The number of esters is 1. The number of benzene rings is 2. The van der Waals surface area contributed by atoms with E-state index in [9.17, 15) is 19.2 Å². The standard InChI is InChI=1S/C36H39N3O6/c1-22-13-16-28-30(17-22)37-29(24-9-5-4-6-10-24)19-32(28)45-27-18-31-33(41)38-36(35(43)44-3)20-25(36)11-7-8-12-26(40)15-14-23(2)34(42)39(31)21-27/h4-7,9-11,13,16-17,19,23,25,27,31H,8,12,14-15,18,20-21H2,1-3H3,(H,38,41)/b11-7-/t23-,25+,27?,31-,36+/m0/s1. The molecule has 0 radical (unpaired) electrons. The van der Waals surface area contributed by atoms with E-state index in [1.807, 2.05) is 73.7 Å². The Kier molecular flexibility index (Phi) is 8.44. The van der Waals surface area contributed by atoms with E-state index in [1.54, 1.807) is 11.8 Å². The fourth-order valence-electron chi connectivity index (χ4n) is 6.56. The zero-order chi connectivity index (χ0) is 31.7. The largest absolute Gasteiger partial charge is 0.488 e. The molecule has 2 fully saturated rings. The van der Waals surface area contributed by atoms with Gasteiger partial charge in [0.25, 0.3) is 0 Å². The SMILES string of the molecule is COC(=O)[C@@]12C[C@H]1/C=C\CCC(=O)CC[C@H](C)C(=O)N1CC(Oc3cc(-c4ccccc4)nc4cc(C)ccc34)C[C@H]1C(=O)N2. The molecule has 5 atom stereocenters. The maximum Gasteiger partial charge on any atom is 0.332 e. The van der Waals surface area contributed by atoms with Gasteiger partial charge in [0.05, 0.1) is 24.9 Å². The summed E-state index contributed by atoms with van der Waals surface area (Å²) in [4.78, 5) is 59.7. The number of amides is 2. The van der Waals surface area contributed by atoms with E-state index in [-0.39, 0.29) is 30.6 Å². The highest BCUT2D eigenvalue weighted by Gasteiger charge is 2.62. The molecule has 234 valence electrons. The number of aromatic nitrogens is 1. The van der Waals surface area contributed by atoms with Gasteiger partial charge < -0.3 is 19.7 Å². The third-order valence-corrected chi connectivity index (χ3v) is 9.29. The number of fused-ring (bicyclic) bond motifs is 3. The van der Waals surface area contributed by atoms with Crippen LogP contribution in [0.5, 0.6) is 5.75 Å². The van der Waals surface area contributed by atoms with Gasteiger partial charge in [-0.05, 0) is 43.9 Å². The summed E-state index contributed by atoms with van der Waals surface area (Å²) in [6, 6.07) is 16.9. The molecule has 1 aliphatic carbocycles. The number of rotatable bonds is 4. The van der Waals surface area contributed by atoms with Gasteiger partial charge in [-0.2, -0.15) is 0 Å². The zero-order valence-electron chi connectivity index (χ0n) is 26.0. The summed E-state index contributed by atoms with van der Waals surface area (Å²) in [5, 5.41) is 3.80. The van der Waals surface area contributed by atoms with Crippen LogP contribution in [0.1, 0.15) is 51.0 Å². The van der Waals surface area contributed by atoms with Crippen LogP contribution in [0, 0.1) is 18.8 Å². The second-order valence-electron chi connectivity index (χ2n) is 12.6. The average Bonchev–Trinajstić information content (AvgIpc) is 3.57. The van der Waals surface area contributed by atoms with Crippen LogP contribution in [0.15, 0.2) is 66.7 Å². The van der Waals surface area contributed by atoms with Crippen LogP contribution in [0.4, 0.5) is 0 Å². The van der Waals surface area contributed by atoms with Gasteiger partial charge in [-0.3, -0.25) is 14.4 Å². The Hall–Kier alpha value is -4.53. The lowest BCUT2D eigenvalue weighted by atomic mass is 10.00. The molecule has 1 unspecified atom stereocenters. The molecule has 9 heteroatoms. The molecule has 3 aliphatic rings. The van der Waals surface area contributed by atoms with E-state index < -0.39 is 35.5 Å². The lowest BCUT2D eigenvalue weighted by Crippen LogP contribution is -2.53. The first-order chi connectivity index (χ1) is 21.7. The van der Waals surface area contributed by atoms with E-state index in [1.165, 1.54) is 7.11 Å². The highest BCUT2D eigenvalue weighted by atomic mass is 16.5. The number of Topliss-reactive ketones (excluding diaryl/α,β-unsaturated/α-hetero) is 1. The van der Waals surface area contributed by atoms with Crippen molar-refractivity contribution >= 4 is 34.5 Å². The quantitative estimate of drug-likeness (QED) is 0.329. The molecule has 9 nitrogen and oxygen atoms in total. The van der Waals surface area contributed by atoms with Gasteiger partial charge in [0.2, 0.25) is 11.8 Å². The third-order valence-electron chi connectivity index (χ3n) is 9.29. The molecule has 2 aromatic carbocycles. The number of pyridine rings is 1. The molecule has 1 aromatic heterocycles. The summed E-state index contributed by atoms with van der Waals surface area (Å²) >= 11 is 0. The molecule has 6 rings (SSSR count). The molecule has 2 amide bonds. The number of nitrogens with one attached hydrogen (secondary N) is 1. The van der Waals surface area contributed by atoms with E-state index in [0.29, 0.717) is 37.9 Å². The number of methoxy groups -OCH3 is 1. The van der Waals surface area contributed by atoms with Gasteiger partial charge >= 0.3 is 5.97 Å². The second-order valence-corrected chi connectivity index (χ2v) is 12.6. The lowest BCUT2D eigenvalue weighted by molar-refractivity contribution is -0.148. The molecule has 1 saturated heterocycles. The Morgan fingerprint density at radius 2 is 1.87 bits per heavy atom. The molecule has 1 N–H and O–H groups in total. The second kappa shape index (κ2) is 12.5. The van der Waals surface area contributed by atoms with Crippen LogP contribution in [0.3, 0.4) is 0 Å². The van der Waals surface area contributed by atoms with Crippen LogP contribution in [0.25, 0.3) is 22.2 Å². The molecule has 3 heterocycles. The van der Waals surface area contributed by atoms with Crippen molar-refractivity contribution in [2.24, 2.45) is 11.8 Å². The number of nitrogens with zero attached hydrogens (tertiary/aromatic N) is 2. The molecule has 3 aromatic rings.